The first-order valence-electron chi connectivity index (χ1n) is 10.00. The molecular formula is C19H33N3O5. The van der Waals surface area contributed by atoms with E-state index in [1.807, 2.05) is 20.8 Å². The number of hydrogen-bond acceptors (Lipinski definition) is 6. The lowest BCUT2D eigenvalue weighted by Crippen LogP contribution is -2.72. The van der Waals surface area contributed by atoms with Crippen molar-refractivity contribution in [2.45, 2.75) is 69.7 Å². The minimum atomic E-state index is -0.614. The van der Waals surface area contributed by atoms with E-state index in [9.17, 15) is 9.59 Å². The largest absolute Gasteiger partial charge is 0.444 e. The Labute approximate surface area is 161 Å². The molecule has 0 aromatic rings. The fourth-order valence-electron chi connectivity index (χ4n) is 4.15. The van der Waals surface area contributed by atoms with E-state index in [1.54, 1.807) is 4.90 Å². The molecule has 0 radical (unpaired) electrons. The summed E-state index contributed by atoms with van der Waals surface area (Å²) in [5.41, 5.74) is -1.19. The number of hydrogen-bond donors (Lipinski definition) is 2. The quantitative estimate of drug-likeness (QED) is 0.757. The zero-order valence-electron chi connectivity index (χ0n) is 16.7. The summed E-state index contributed by atoms with van der Waals surface area (Å²) < 4.78 is 17.4. The number of likely N-dealkylation sites (tertiary alicyclic amines) is 1. The summed E-state index contributed by atoms with van der Waals surface area (Å²) in [7, 11) is 0. The molecule has 27 heavy (non-hydrogen) atoms. The van der Waals surface area contributed by atoms with Gasteiger partial charge in [0.1, 0.15) is 12.2 Å². The minimum Gasteiger partial charge on any atom is -0.444 e. The zero-order valence-corrected chi connectivity index (χ0v) is 16.7. The van der Waals surface area contributed by atoms with Gasteiger partial charge >= 0.3 is 6.09 Å². The molecule has 3 rings (SSSR count). The molecule has 8 heteroatoms. The van der Waals surface area contributed by atoms with Crippen LogP contribution in [-0.2, 0) is 19.0 Å². The average Bonchev–Trinajstić information content (AvgIpc) is 2.60. The molecule has 2 amide bonds. The van der Waals surface area contributed by atoms with Crippen LogP contribution in [0.1, 0.15) is 46.5 Å². The third-order valence-corrected chi connectivity index (χ3v) is 5.42. The third-order valence-electron chi connectivity index (χ3n) is 5.42. The maximum absolute atomic E-state index is 12.9. The van der Waals surface area contributed by atoms with Gasteiger partial charge in [0, 0.05) is 6.54 Å². The van der Waals surface area contributed by atoms with E-state index in [0.29, 0.717) is 19.8 Å². The number of ether oxygens (including phenoxy) is 3. The van der Waals surface area contributed by atoms with Crippen LogP contribution < -0.4 is 10.6 Å². The van der Waals surface area contributed by atoms with Gasteiger partial charge in [-0.3, -0.25) is 4.79 Å². The standard InChI is InChI=1S/C19H33N3O5/c1-18(2,3)27-17(24)22-10-4-7-19(13-25-12-16(23)21-19)15(22)11-26-14-5-8-20-9-6-14/h14-15,20H,4-13H2,1-3H3,(H,21,23). The van der Waals surface area contributed by atoms with Crippen molar-refractivity contribution in [2.75, 3.05) is 39.5 Å². The molecule has 0 bridgehead atoms. The molecule has 3 heterocycles. The highest BCUT2D eigenvalue weighted by Crippen LogP contribution is 2.32. The van der Waals surface area contributed by atoms with E-state index in [0.717, 1.165) is 38.8 Å². The Balaban J connectivity index is 1.77. The van der Waals surface area contributed by atoms with E-state index in [-0.39, 0.29) is 30.8 Å². The lowest BCUT2D eigenvalue weighted by Gasteiger charge is -2.51. The van der Waals surface area contributed by atoms with Crippen LogP contribution in [0.2, 0.25) is 0 Å². The van der Waals surface area contributed by atoms with Gasteiger partial charge in [-0.1, -0.05) is 0 Å². The summed E-state index contributed by atoms with van der Waals surface area (Å²) in [5, 5.41) is 6.44. The average molecular weight is 383 g/mol. The molecule has 2 N–H and O–H groups in total. The van der Waals surface area contributed by atoms with Gasteiger partial charge in [-0.05, 0) is 59.5 Å². The van der Waals surface area contributed by atoms with Gasteiger partial charge in [-0.15, -0.1) is 0 Å². The predicted octanol–water partition coefficient (Wildman–Crippen LogP) is 1.04. The fourth-order valence-corrected chi connectivity index (χ4v) is 4.15. The molecule has 3 saturated heterocycles. The molecule has 1 spiro atoms. The number of piperidine rings is 2. The maximum atomic E-state index is 12.9. The minimum absolute atomic E-state index is 0.0655. The van der Waals surface area contributed by atoms with Gasteiger partial charge in [0.2, 0.25) is 5.91 Å². The lowest BCUT2D eigenvalue weighted by atomic mass is 9.81. The molecule has 3 aliphatic heterocycles. The van der Waals surface area contributed by atoms with Gasteiger partial charge in [0.25, 0.3) is 0 Å². The molecule has 0 aromatic carbocycles. The van der Waals surface area contributed by atoms with Crippen LogP contribution in [0.4, 0.5) is 4.79 Å². The molecule has 2 unspecified atom stereocenters. The second-order valence-corrected chi connectivity index (χ2v) is 8.77. The summed E-state index contributed by atoms with van der Waals surface area (Å²) >= 11 is 0. The highest BCUT2D eigenvalue weighted by atomic mass is 16.6. The number of amides is 2. The van der Waals surface area contributed by atoms with Crippen molar-refractivity contribution in [3.8, 4) is 0 Å². The summed E-state index contributed by atoms with van der Waals surface area (Å²) in [6.07, 6.45) is 3.26. The van der Waals surface area contributed by atoms with Crippen LogP contribution in [0, 0.1) is 0 Å². The Morgan fingerprint density at radius 1 is 1.33 bits per heavy atom. The number of nitrogens with one attached hydrogen (secondary N) is 2. The molecule has 154 valence electrons. The van der Waals surface area contributed by atoms with Gasteiger partial charge in [-0.2, -0.15) is 0 Å². The van der Waals surface area contributed by atoms with Crippen molar-refractivity contribution in [1.29, 1.82) is 0 Å². The number of morpholine rings is 1. The van der Waals surface area contributed by atoms with Crippen LogP contribution in [0.5, 0.6) is 0 Å². The second kappa shape index (κ2) is 8.32. The third kappa shape index (κ3) is 5.12. The molecular weight excluding hydrogens is 350 g/mol. The summed E-state index contributed by atoms with van der Waals surface area (Å²) in [4.78, 5) is 26.7. The highest BCUT2D eigenvalue weighted by Gasteiger charge is 2.50. The summed E-state index contributed by atoms with van der Waals surface area (Å²) in [5.74, 6) is -0.140. The Kier molecular flexibility index (Phi) is 6.28. The van der Waals surface area contributed by atoms with Crippen LogP contribution in [0.15, 0.2) is 0 Å². The number of rotatable bonds is 3. The molecule has 3 fully saturated rings. The number of nitrogens with zero attached hydrogens (tertiary/aromatic N) is 1. The van der Waals surface area contributed by atoms with Gasteiger partial charge in [0.05, 0.1) is 30.9 Å². The predicted molar refractivity (Wildman–Crippen MR) is 99.5 cm³/mol. The van der Waals surface area contributed by atoms with Crippen molar-refractivity contribution < 1.29 is 23.8 Å². The Hall–Kier alpha value is -1.38. The van der Waals surface area contributed by atoms with Crippen molar-refractivity contribution in [3.05, 3.63) is 0 Å². The van der Waals surface area contributed by atoms with E-state index >= 15 is 0 Å². The van der Waals surface area contributed by atoms with Crippen LogP contribution in [-0.4, -0.2) is 79.6 Å². The van der Waals surface area contributed by atoms with Gasteiger partial charge in [0.15, 0.2) is 0 Å². The second-order valence-electron chi connectivity index (χ2n) is 8.77. The SMILES string of the molecule is CC(C)(C)OC(=O)N1CCCC2(COCC(=O)N2)C1COC1CCNCC1. The molecule has 2 atom stereocenters. The molecule has 0 aliphatic carbocycles. The number of carbonyl (C=O) groups excluding carboxylic acids is 2. The van der Waals surface area contributed by atoms with Crippen molar-refractivity contribution in [1.82, 2.24) is 15.5 Å². The topological polar surface area (TPSA) is 89.1 Å². The van der Waals surface area contributed by atoms with Crippen LogP contribution in [0.3, 0.4) is 0 Å². The van der Waals surface area contributed by atoms with Crippen LogP contribution >= 0.6 is 0 Å². The Bertz CT molecular complexity index is 540. The monoisotopic (exact) mass is 383 g/mol. The molecule has 0 aromatic heterocycles. The van der Waals surface area contributed by atoms with Crippen molar-refractivity contribution in [2.24, 2.45) is 0 Å². The molecule has 8 nitrogen and oxygen atoms in total. The van der Waals surface area contributed by atoms with E-state index < -0.39 is 11.1 Å². The first-order chi connectivity index (χ1) is 12.8. The van der Waals surface area contributed by atoms with E-state index in [2.05, 4.69) is 10.6 Å². The van der Waals surface area contributed by atoms with Gasteiger partial charge < -0.3 is 29.7 Å². The lowest BCUT2D eigenvalue weighted by molar-refractivity contribution is -0.144. The normalized spacial score (nSPS) is 30.3. The summed E-state index contributed by atoms with van der Waals surface area (Å²) in [6.45, 7) is 8.87. The number of carbonyl (C=O) groups is 2. The maximum Gasteiger partial charge on any atom is 0.410 e. The Morgan fingerprint density at radius 2 is 2.07 bits per heavy atom. The molecule has 3 aliphatic rings. The molecule has 0 saturated carbocycles. The first kappa shape index (κ1) is 20.4. The van der Waals surface area contributed by atoms with Crippen LogP contribution in [0.25, 0.3) is 0 Å². The first-order valence-corrected chi connectivity index (χ1v) is 10.00. The van der Waals surface area contributed by atoms with E-state index in [4.69, 9.17) is 14.2 Å². The smallest absolute Gasteiger partial charge is 0.410 e. The zero-order chi connectivity index (χ0) is 19.5. The van der Waals surface area contributed by atoms with Crippen molar-refractivity contribution >= 4 is 12.0 Å². The summed E-state index contributed by atoms with van der Waals surface area (Å²) in [6, 6.07) is -0.305. The Morgan fingerprint density at radius 3 is 2.74 bits per heavy atom. The highest BCUT2D eigenvalue weighted by molar-refractivity contribution is 5.79. The van der Waals surface area contributed by atoms with Crippen molar-refractivity contribution in [3.63, 3.8) is 0 Å². The fraction of sp³-hybridized carbons (Fsp3) is 0.895. The van der Waals surface area contributed by atoms with Gasteiger partial charge in [-0.25, -0.2) is 4.79 Å². The van der Waals surface area contributed by atoms with E-state index in [1.165, 1.54) is 0 Å².